The van der Waals surface area contributed by atoms with Gasteiger partial charge in [-0.25, -0.2) is 0 Å². The zero-order chi connectivity index (χ0) is 21.4. The van der Waals surface area contributed by atoms with E-state index in [-0.39, 0.29) is 18.7 Å². The van der Waals surface area contributed by atoms with Crippen molar-refractivity contribution in [3.05, 3.63) is 47.9 Å². The molecule has 0 aliphatic rings. The molecule has 0 spiro atoms. The lowest BCUT2D eigenvalue weighted by Gasteiger charge is -2.22. The van der Waals surface area contributed by atoms with E-state index in [0.29, 0.717) is 17.1 Å². The fraction of sp³-hybridized carbons (Fsp3) is 0.350. The van der Waals surface area contributed by atoms with E-state index in [2.05, 4.69) is 5.32 Å². The van der Waals surface area contributed by atoms with Crippen molar-refractivity contribution in [3.8, 4) is 11.5 Å². The molecular formula is C20H24N2O7. The minimum Gasteiger partial charge on any atom is -0.493 e. The standard InChI is InChI=1S/C20H24N2O7/c1-22(20(25)16-6-5-9-29-16)12-18(23)21-14(11-19(24)28-4)13-7-8-15(26-2)17(10-13)27-3/h5-10,14H,11-12H2,1-4H3,(H,21,23). The molecule has 0 saturated carbocycles. The minimum atomic E-state index is -0.679. The molecule has 0 radical (unpaired) electrons. The Labute approximate surface area is 168 Å². The minimum absolute atomic E-state index is 0.0897. The second-order valence-electron chi connectivity index (χ2n) is 6.15. The molecule has 1 heterocycles. The van der Waals surface area contributed by atoms with Gasteiger partial charge in [0.1, 0.15) is 0 Å². The second-order valence-corrected chi connectivity index (χ2v) is 6.15. The predicted molar refractivity (Wildman–Crippen MR) is 103 cm³/mol. The molecule has 1 aromatic carbocycles. The van der Waals surface area contributed by atoms with Gasteiger partial charge in [0.25, 0.3) is 5.91 Å². The number of amides is 2. The van der Waals surface area contributed by atoms with E-state index in [1.165, 1.54) is 45.6 Å². The van der Waals surface area contributed by atoms with E-state index in [9.17, 15) is 14.4 Å². The summed E-state index contributed by atoms with van der Waals surface area (Å²) in [6.45, 7) is -0.218. The average molecular weight is 404 g/mol. The number of ether oxygens (including phenoxy) is 3. The van der Waals surface area contributed by atoms with Crippen molar-refractivity contribution in [3.63, 3.8) is 0 Å². The summed E-state index contributed by atoms with van der Waals surface area (Å²) in [7, 11) is 5.75. The first-order chi connectivity index (χ1) is 13.9. The maximum absolute atomic E-state index is 12.5. The van der Waals surface area contributed by atoms with Crippen LogP contribution in [0.3, 0.4) is 0 Å². The summed E-state index contributed by atoms with van der Waals surface area (Å²) in [4.78, 5) is 37.8. The van der Waals surface area contributed by atoms with Crippen LogP contribution < -0.4 is 14.8 Å². The molecule has 1 unspecified atom stereocenters. The molecule has 0 saturated heterocycles. The number of nitrogens with one attached hydrogen (secondary N) is 1. The molecule has 2 rings (SSSR count). The van der Waals surface area contributed by atoms with Gasteiger partial charge in [-0.15, -0.1) is 0 Å². The van der Waals surface area contributed by atoms with Crippen LogP contribution in [-0.4, -0.2) is 57.6 Å². The highest BCUT2D eigenvalue weighted by atomic mass is 16.5. The van der Waals surface area contributed by atoms with Crippen LogP contribution in [0.25, 0.3) is 0 Å². The van der Waals surface area contributed by atoms with Gasteiger partial charge in [0, 0.05) is 7.05 Å². The smallest absolute Gasteiger partial charge is 0.307 e. The summed E-state index contributed by atoms with van der Waals surface area (Å²) in [5, 5.41) is 2.76. The van der Waals surface area contributed by atoms with Gasteiger partial charge in [-0.3, -0.25) is 14.4 Å². The number of rotatable bonds is 9. The Morgan fingerprint density at radius 3 is 2.41 bits per heavy atom. The first-order valence-corrected chi connectivity index (χ1v) is 8.76. The lowest BCUT2D eigenvalue weighted by Crippen LogP contribution is -2.40. The summed E-state index contributed by atoms with van der Waals surface area (Å²) in [5.41, 5.74) is 0.626. The van der Waals surface area contributed by atoms with Crippen molar-refractivity contribution in [2.45, 2.75) is 12.5 Å². The Kier molecular flexibility index (Phi) is 7.64. The molecule has 0 aliphatic carbocycles. The van der Waals surface area contributed by atoms with Crippen molar-refractivity contribution < 1.29 is 33.0 Å². The van der Waals surface area contributed by atoms with Gasteiger partial charge in [0.05, 0.1) is 46.6 Å². The van der Waals surface area contributed by atoms with Gasteiger partial charge in [0.2, 0.25) is 5.91 Å². The summed E-state index contributed by atoms with van der Waals surface area (Å²) >= 11 is 0. The maximum atomic E-state index is 12.5. The lowest BCUT2D eigenvalue weighted by molar-refractivity contribution is -0.141. The van der Waals surface area contributed by atoms with Gasteiger partial charge < -0.3 is 28.8 Å². The number of hydrogen-bond donors (Lipinski definition) is 1. The van der Waals surface area contributed by atoms with Crippen LogP contribution in [0.4, 0.5) is 0 Å². The van der Waals surface area contributed by atoms with Gasteiger partial charge in [-0.1, -0.05) is 6.07 Å². The first kappa shape index (κ1) is 21.8. The van der Waals surface area contributed by atoms with Gasteiger partial charge in [-0.05, 0) is 29.8 Å². The number of methoxy groups -OCH3 is 3. The van der Waals surface area contributed by atoms with Crippen LogP contribution in [0.1, 0.15) is 28.6 Å². The molecule has 29 heavy (non-hydrogen) atoms. The van der Waals surface area contributed by atoms with Crippen molar-refractivity contribution in [2.24, 2.45) is 0 Å². The zero-order valence-corrected chi connectivity index (χ0v) is 16.8. The second kappa shape index (κ2) is 10.2. The molecule has 2 amide bonds. The molecule has 0 aliphatic heterocycles. The van der Waals surface area contributed by atoms with Crippen LogP contribution in [0, 0.1) is 0 Å². The average Bonchev–Trinajstić information content (AvgIpc) is 3.26. The monoisotopic (exact) mass is 404 g/mol. The van der Waals surface area contributed by atoms with Gasteiger partial charge in [-0.2, -0.15) is 0 Å². The number of furan rings is 1. The molecule has 2 aromatic rings. The molecule has 1 N–H and O–H groups in total. The number of likely N-dealkylation sites (N-methyl/N-ethyl adjacent to an activating group) is 1. The van der Waals surface area contributed by atoms with Crippen molar-refractivity contribution in [1.82, 2.24) is 10.2 Å². The van der Waals surface area contributed by atoms with Crippen molar-refractivity contribution in [1.29, 1.82) is 0 Å². The van der Waals surface area contributed by atoms with Crippen LogP contribution in [-0.2, 0) is 14.3 Å². The fourth-order valence-corrected chi connectivity index (χ4v) is 2.69. The molecule has 9 heteroatoms. The molecule has 1 atom stereocenters. The van der Waals surface area contributed by atoms with Crippen LogP contribution >= 0.6 is 0 Å². The van der Waals surface area contributed by atoms with Gasteiger partial charge >= 0.3 is 5.97 Å². The fourth-order valence-electron chi connectivity index (χ4n) is 2.69. The highest BCUT2D eigenvalue weighted by molar-refractivity contribution is 5.94. The summed E-state index contributed by atoms with van der Waals surface area (Å²) < 4.78 is 20.3. The number of carbonyl (C=O) groups is 3. The Morgan fingerprint density at radius 1 is 1.10 bits per heavy atom. The number of benzene rings is 1. The van der Waals surface area contributed by atoms with E-state index in [4.69, 9.17) is 18.6 Å². The number of nitrogens with zero attached hydrogens (tertiary/aromatic N) is 1. The topological polar surface area (TPSA) is 107 Å². The summed E-state index contributed by atoms with van der Waals surface area (Å²) in [6, 6.07) is 7.49. The highest BCUT2D eigenvalue weighted by Crippen LogP contribution is 2.31. The molecule has 156 valence electrons. The van der Waals surface area contributed by atoms with E-state index >= 15 is 0 Å². The Balaban J connectivity index is 2.14. The third-order valence-corrected chi connectivity index (χ3v) is 4.20. The van der Waals surface area contributed by atoms with E-state index < -0.39 is 23.8 Å². The summed E-state index contributed by atoms with van der Waals surface area (Å²) in [6.07, 6.45) is 1.29. The van der Waals surface area contributed by atoms with E-state index in [0.717, 1.165) is 0 Å². The molecular weight excluding hydrogens is 380 g/mol. The maximum Gasteiger partial charge on any atom is 0.307 e. The normalized spacial score (nSPS) is 11.3. The van der Waals surface area contributed by atoms with Crippen molar-refractivity contribution >= 4 is 17.8 Å². The SMILES string of the molecule is COC(=O)CC(NC(=O)CN(C)C(=O)c1ccco1)c1ccc(OC)c(OC)c1. The predicted octanol–water partition coefficient (Wildman–Crippen LogP) is 1.79. The lowest BCUT2D eigenvalue weighted by atomic mass is 10.0. The van der Waals surface area contributed by atoms with Crippen molar-refractivity contribution in [2.75, 3.05) is 34.9 Å². The highest BCUT2D eigenvalue weighted by Gasteiger charge is 2.23. The Bertz CT molecular complexity index is 849. The Hall–Kier alpha value is -3.49. The third kappa shape index (κ3) is 5.74. The van der Waals surface area contributed by atoms with Crippen LogP contribution in [0.5, 0.6) is 11.5 Å². The van der Waals surface area contributed by atoms with E-state index in [1.807, 2.05) is 0 Å². The third-order valence-electron chi connectivity index (χ3n) is 4.20. The summed E-state index contributed by atoms with van der Waals surface area (Å²) in [5.74, 6) is -0.268. The van der Waals surface area contributed by atoms with Gasteiger partial charge in [0.15, 0.2) is 17.3 Å². The molecule has 0 fully saturated rings. The van der Waals surface area contributed by atoms with Crippen LogP contribution in [0.2, 0.25) is 0 Å². The molecule has 0 bridgehead atoms. The zero-order valence-electron chi connectivity index (χ0n) is 16.8. The quantitative estimate of drug-likeness (QED) is 0.635. The van der Waals surface area contributed by atoms with E-state index in [1.54, 1.807) is 24.3 Å². The molecule has 9 nitrogen and oxygen atoms in total. The molecule has 1 aromatic heterocycles. The largest absolute Gasteiger partial charge is 0.493 e. The number of esters is 1. The van der Waals surface area contributed by atoms with Crippen LogP contribution in [0.15, 0.2) is 41.0 Å². The first-order valence-electron chi connectivity index (χ1n) is 8.76. The number of hydrogen-bond acceptors (Lipinski definition) is 7. The Morgan fingerprint density at radius 2 is 1.83 bits per heavy atom. The number of carbonyl (C=O) groups excluding carboxylic acids is 3.